The Labute approximate surface area is 101 Å². The van der Waals surface area contributed by atoms with Gasteiger partial charge in [-0.05, 0) is 25.0 Å². The van der Waals surface area contributed by atoms with Gasteiger partial charge >= 0.3 is 0 Å². The number of rotatable bonds is 2. The topological polar surface area (TPSA) is 87.2 Å². The Bertz CT molecular complexity index is 562. The lowest BCUT2D eigenvalue weighted by molar-refractivity contribution is 0.396. The number of nitriles is 1. The predicted octanol–water partition coefficient (Wildman–Crippen LogP) is 0.628. The molecule has 0 radical (unpaired) electrons. The minimum absolute atomic E-state index is 0.0415. The van der Waals surface area contributed by atoms with E-state index in [9.17, 15) is 8.42 Å². The molecule has 0 aromatic heterocycles. The molecule has 1 aromatic carbocycles. The second-order valence-electron chi connectivity index (χ2n) is 3.93. The van der Waals surface area contributed by atoms with Crippen LogP contribution < -0.4 is 5.73 Å². The number of hydrogen-bond acceptors (Lipinski definition) is 4. The molecule has 90 valence electrons. The molecule has 2 N–H and O–H groups in total. The molecule has 1 aliphatic rings. The van der Waals surface area contributed by atoms with E-state index in [1.165, 1.54) is 16.4 Å². The van der Waals surface area contributed by atoms with Crippen molar-refractivity contribution in [3.05, 3.63) is 29.8 Å². The van der Waals surface area contributed by atoms with Gasteiger partial charge in [-0.15, -0.1) is 0 Å². The molecule has 0 spiro atoms. The third-order valence-electron chi connectivity index (χ3n) is 2.84. The second-order valence-corrected chi connectivity index (χ2v) is 5.79. The van der Waals surface area contributed by atoms with Crippen molar-refractivity contribution in [2.24, 2.45) is 5.73 Å². The SMILES string of the molecule is N#Cc1ccccc1S(=O)(=O)N1CCCC1N. The first-order valence-corrected chi connectivity index (χ1v) is 6.78. The molecular weight excluding hydrogens is 238 g/mol. The van der Waals surface area contributed by atoms with Crippen LogP contribution in [0.4, 0.5) is 0 Å². The summed E-state index contributed by atoms with van der Waals surface area (Å²) in [5.41, 5.74) is 5.92. The van der Waals surface area contributed by atoms with Crippen LogP contribution in [0.15, 0.2) is 29.2 Å². The van der Waals surface area contributed by atoms with E-state index >= 15 is 0 Å². The summed E-state index contributed by atoms with van der Waals surface area (Å²) in [6.07, 6.45) is 0.940. The summed E-state index contributed by atoms with van der Waals surface area (Å²) in [7, 11) is -3.64. The van der Waals surface area contributed by atoms with Gasteiger partial charge in [-0.1, -0.05) is 12.1 Å². The normalized spacial score (nSPS) is 21.3. The van der Waals surface area contributed by atoms with Gasteiger partial charge in [-0.3, -0.25) is 0 Å². The average Bonchev–Trinajstić information content (AvgIpc) is 2.76. The maximum Gasteiger partial charge on any atom is 0.245 e. The fourth-order valence-corrected chi connectivity index (χ4v) is 3.70. The Kier molecular flexibility index (Phi) is 3.15. The Morgan fingerprint density at radius 3 is 2.71 bits per heavy atom. The van der Waals surface area contributed by atoms with E-state index in [2.05, 4.69) is 0 Å². The zero-order valence-corrected chi connectivity index (χ0v) is 10.0. The molecule has 0 saturated carbocycles. The van der Waals surface area contributed by atoms with Crippen LogP contribution in [0.3, 0.4) is 0 Å². The Balaban J connectivity index is 2.49. The quantitative estimate of drug-likeness (QED) is 0.835. The minimum Gasteiger partial charge on any atom is -0.315 e. The van der Waals surface area contributed by atoms with Crippen molar-refractivity contribution in [2.75, 3.05) is 6.54 Å². The molecule has 5 nitrogen and oxygen atoms in total. The number of nitrogens with two attached hydrogens (primary N) is 1. The van der Waals surface area contributed by atoms with Gasteiger partial charge in [0.05, 0.1) is 11.7 Å². The average molecular weight is 251 g/mol. The second kappa shape index (κ2) is 4.45. The number of sulfonamides is 1. The molecule has 1 saturated heterocycles. The van der Waals surface area contributed by atoms with Gasteiger partial charge in [0.2, 0.25) is 10.0 Å². The smallest absolute Gasteiger partial charge is 0.245 e. The van der Waals surface area contributed by atoms with E-state index in [-0.39, 0.29) is 10.5 Å². The van der Waals surface area contributed by atoms with E-state index < -0.39 is 16.2 Å². The molecule has 2 rings (SSSR count). The number of nitrogens with zero attached hydrogens (tertiary/aromatic N) is 2. The van der Waals surface area contributed by atoms with Crippen molar-refractivity contribution >= 4 is 10.0 Å². The predicted molar refractivity (Wildman–Crippen MR) is 62.3 cm³/mol. The summed E-state index contributed by atoms with van der Waals surface area (Å²) in [5.74, 6) is 0. The van der Waals surface area contributed by atoms with Crippen LogP contribution in [0.5, 0.6) is 0 Å². The van der Waals surface area contributed by atoms with E-state index in [0.29, 0.717) is 13.0 Å². The zero-order valence-electron chi connectivity index (χ0n) is 9.20. The van der Waals surface area contributed by atoms with Gasteiger partial charge in [0.25, 0.3) is 0 Å². The zero-order chi connectivity index (χ0) is 12.5. The summed E-state index contributed by atoms with van der Waals surface area (Å²) in [4.78, 5) is 0.0415. The maximum absolute atomic E-state index is 12.3. The molecule has 6 heteroatoms. The third-order valence-corrected chi connectivity index (χ3v) is 4.83. The molecule has 1 heterocycles. The molecule has 1 atom stereocenters. The van der Waals surface area contributed by atoms with E-state index in [1.54, 1.807) is 12.1 Å². The molecule has 1 aliphatic heterocycles. The molecule has 1 unspecified atom stereocenters. The van der Waals surface area contributed by atoms with Crippen LogP contribution in [0.1, 0.15) is 18.4 Å². The lowest BCUT2D eigenvalue weighted by Crippen LogP contribution is -2.41. The van der Waals surface area contributed by atoms with Gasteiger partial charge in [-0.2, -0.15) is 9.57 Å². The highest BCUT2D eigenvalue weighted by Crippen LogP contribution is 2.25. The van der Waals surface area contributed by atoms with Gasteiger partial charge in [0, 0.05) is 6.54 Å². The lowest BCUT2D eigenvalue weighted by Gasteiger charge is -2.21. The molecular formula is C11H13N3O2S. The standard InChI is InChI=1S/C11H13N3O2S/c12-8-9-4-1-2-5-10(9)17(15,16)14-7-3-6-11(14)13/h1-2,4-5,11H,3,6-7,13H2. The Hall–Kier alpha value is -1.42. The molecule has 0 bridgehead atoms. The summed E-state index contributed by atoms with van der Waals surface area (Å²) < 4.78 is 25.9. The van der Waals surface area contributed by atoms with Crippen LogP contribution in [-0.2, 0) is 10.0 Å². The highest BCUT2D eigenvalue weighted by molar-refractivity contribution is 7.89. The van der Waals surface area contributed by atoms with Crippen LogP contribution in [0.2, 0.25) is 0 Å². The van der Waals surface area contributed by atoms with E-state index in [0.717, 1.165) is 6.42 Å². The van der Waals surface area contributed by atoms with Crippen molar-refractivity contribution in [3.63, 3.8) is 0 Å². The summed E-state index contributed by atoms with van der Waals surface area (Å²) in [5, 5.41) is 8.93. The number of hydrogen-bond donors (Lipinski definition) is 1. The summed E-state index contributed by atoms with van der Waals surface area (Å²) in [6.45, 7) is 0.420. The third kappa shape index (κ3) is 2.05. The Morgan fingerprint density at radius 1 is 1.41 bits per heavy atom. The van der Waals surface area contributed by atoms with Crippen molar-refractivity contribution < 1.29 is 8.42 Å². The van der Waals surface area contributed by atoms with Gasteiger partial charge in [0.1, 0.15) is 11.0 Å². The summed E-state index contributed by atoms with van der Waals surface area (Å²) >= 11 is 0. The van der Waals surface area contributed by atoms with Crippen LogP contribution >= 0.6 is 0 Å². The first-order valence-electron chi connectivity index (χ1n) is 5.34. The van der Waals surface area contributed by atoms with Crippen LogP contribution in [0, 0.1) is 11.3 Å². The number of benzene rings is 1. The van der Waals surface area contributed by atoms with Crippen molar-refractivity contribution in [2.45, 2.75) is 23.9 Å². The molecule has 17 heavy (non-hydrogen) atoms. The van der Waals surface area contributed by atoms with Gasteiger partial charge in [0.15, 0.2) is 0 Å². The molecule has 1 aromatic rings. The van der Waals surface area contributed by atoms with Crippen LogP contribution in [-0.4, -0.2) is 25.4 Å². The molecule has 1 fully saturated rings. The van der Waals surface area contributed by atoms with Gasteiger partial charge < -0.3 is 5.73 Å². The lowest BCUT2D eigenvalue weighted by atomic mass is 10.2. The Morgan fingerprint density at radius 2 is 2.12 bits per heavy atom. The van der Waals surface area contributed by atoms with Crippen LogP contribution in [0.25, 0.3) is 0 Å². The van der Waals surface area contributed by atoms with E-state index in [1.807, 2.05) is 6.07 Å². The first-order chi connectivity index (χ1) is 8.07. The van der Waals surface area contributed by atoms with Gasteiger partial charge in [-0.25, -0.2) is 8.42 Å². The highest BCUT2D eigenvalue weighted by atomic mass is 32.2. The highest BCUT2D eigenvalue weighted by Gasteiger charge is 2.34. The summed E-state index contributed by atoms with van der Waals surface area (Å²) in [6, 6.07) is 8.08. The molecule has 0 amide bonds. The monoisotopic (exact) mass is 251 g/mol. The largest absolute Gasteiger partial charge is 0.315 e. The first kappa shape index (κ1) is 12.0. The van der Waals surface area contributed by atoms with Crippen molar-refractivity contribution in [3.8, 4) is 6.07 Å². The van der Waals surface area contributed by atoms with Crippen molar-refractivity contribution in [1.82, 2.24) is 4.31 Å². The van der Waals surface area contributed by atoms with E-state index in [4.69, 9.17) is 11.0 Å². The van der Waals surface area contributed by atoms with Crippen molar-refractivity contribution in [1.29, 1.82) is 5.26 Å². The fraction of sp³-hybridized carbons (Fsp3) is 0.364. The fourth-order valence-electron chi connectivity index (χ4n) is 1.97. The molecule has 0 aliphatic carbocycles. The minimum atomic E-state index is -3.64. The maximum atomic E-state index is 12.3.